The zero-order chi connectivity index (χ0) is 12.2. The maximum atomic E-state index is 11.8. The van der Waals surface area contributed by atoms with Crippen molar-refractivity contribution in [2.24, 2.45) is 0 Å². The zero-order valence-electron chi connectivity index (χ0n) is 9.36. The summed E-state index contributed by atoms with van der Waals surface area (Å²) in [4.78, 5) is 0.223. The number of ether oxygens (including phenoxy) is 1. The molecule has 0 radical (unpaired) electrons. The van der Waals surface area contributed by atoms with E-state index in [1.54, 1.807) is 13.1 Å². The van der Waals surface area contributed by atoms with E-state index in [1.807, 2.05) is 0 Å². The van der Waals surface area contributed by atoms with E-state index in [0.29, 0.717) is 18.0 Å². The number of anilines is 1. The van der Waals surface area contributed by atoms with Crippen LogP contribution in [0.3, 0.4) is 0 Å². The minimum Gasteiger partial charge on any atom is -0.495 e. The van der Waals surface area contributed by atoms with Crippen LogP contribution >= 0.6 is 0 Å². The Morgan fingerprint density at radius 2 is 2.12 bits per heavy atom. The molecule has 0 saturated heterocycles. The number of nitrogen functional groups attached to an aromatic ring is 1. The van der Waals surface area contributed by atoms with Crippen LogP contribution in [0, 0.1) is 0 Å². The van der Waals surface area contributed by atoms with Crippen molar-refractivity contribution in [1.82, 2.24) is 5.32 Å². The Labute approximate surface area is 95.5 Å². The number of sulfone groups is 1. The summed E-state index contributed by atoms with van der Waals surface area (Å²) in [6.45, 7) is 0.411. The first-order chi connectivity index (χ1) is 7.51. The van der Waals surface area contributed by atoms with E-state index < -0.39 is 9.84 Å². The fourth-order valence-corrected chi connectivity index (χ4v) is 2.55. The highest BCUT2D eigenvalue weighted by Gasteiger charge is 2.15. The summed E-state index contributed by atoms with van der Waals surface area (Å²) in [6, 6.07) is 4.48. The fraction of sp³-hybridized carbons (Fsp3) is 0.400. The van der Waals surface area contributed by atoms with Gasteiger partial charge in [0.15, 0.2) is 9.84 Å². The van der Waals surface area contributed by atoms with Gasteiger partial charge in [-0.3, -0.25) is 0 Å². The monoisotopic (exact) mass is 244 g/mol. The molecule has 16 heavy (non-hydrogen) atoms. The highest BCUT2D eigenvalue weighted by atomic mass is 32.2. The van der Waals surface area contributed by atoms with E-state index >= 15 is 0 Å². The van der Waals surface area contributed by atoms with E-state index in [1.165, 1.54) is 19.2 Å². The first-order valence-electron chi connectivity index (χ1n) is 4.82. The molecule has 90 valence electrons. The Kier molecular flexibility index (Phi) is 4.14. The molecule has 0 spiro atoms. The Balaban J connectivity index is 3.01. The minimum atomic E-state index is -3.27. The van der Waals surface area contributed by atoms with Gasteiger partial charge in [0.2, 0.25) is 0 Å². The molecule has 0 unspecified atom stereocenters. The van der Waals surface area contributed by atoms with E-state index in [2.05, 4.69) is 5.32 Å². The van der Waals surface area contributed by atoms with Crippen molar-refractivity contribution in [3.05, 3.63) is 18.2 Å². The normalized spacial score (nSPS) is 11.4. The van der Waals surface area contributed by atoms with Crippen molar-refractivity contribution in [2.75, 3.05) is 32.2 Å². The molecule has 0 aliphatic rings. The van der Waals surface area contributed by atoms with Crippen LogP contribution in [0.25, 0.3) is 0 Å². The van der Waals surface area contributed by atoms with Crippen LogP contribution in [0.1, 0.15) is 0 Å². The number of benzene rings is 1. The van der Waals surface area contributed by atoms with Gasteiger partial charge < -0.3 is 15.8 Å². The van der Waals surface area contributed by atoms with Gasteiger partial charge >= 0.3 is 0 Å². The van der Waals surface area contributed by atoms with Gasteiger partial charge in [0.05, 0.1) is 23.4 Å². The molecular formula is C10H16N2O3S. The fourth-order valence-electron chi connectivity index (χ4n) is 1.26. The van der Waals surface area contributed by atoms with Crippen LogP contribution < -0.4 is 15.8 Å². The molecule has 1 rings (SSSR count). The number of nitrogens with two attached hydrogens (primary N) is 1. The van der Waals surface area contributed by atoms with E-state index in [4.69, 9.17) is 10.5 Å². The van der Waals surface area contributed by atoms with Crippen LogP contribution in [0.2, 0.25) is 0 Å². The first-order valence-corrected chi connectivity index (χ1v) is 6.47. The van der Waals surface area contributed by atoms with Gasteiger partial charge in [-0.05, 0) is 25.2 Å². The quantitative estimate of drug-likeness (QED) is 0.727. The smallest absolute Gasteiger partial charge is 0.179 e. The maximum absolute atomic E-state index is 11.8. The molecule has 0 aliphatic carbocycles. The first kappa shape index (κ1) is 12.8. The van der Waals surface area contributed by atoms with Gasteiger partial charge in [-0.1, -0.05) is 0 Å². The van der Waals surface area contributed by atoms with Crippen LogP contribution in [-0.4, -0.2) is 34.9 Å². The topological polar surface area (TPSA) is 81.4 Å². The van der Waals surface area contributed by atoms with Crippen molar-refractivity contribution in [1.29, 1.82) is 0 Å². The lowest BCUT2D eigenvalue weighted by Gasteiger charge is -2.08. The summed E-state index contributed by atoms with van der Waals surface area (Å²) in [5, 5.41) is 2.80. The molecule has 3 N–H and O–H groups in total. The molecule has 1 aromatic rings. The van der Waals surface area contributed by atoms with Gasteiger partial charge in [0.1, 0.15) is 5.75 Å². The van der Waals surface area contributed by atoms with Crippen molar-refractivity contribution in [3.8, 4) is 5.75 Å². The highest BCUT2D eigenvalue weighted by Crippen LogP contribution is 2.24. The lowest BCUT2D eigenvalue weighted by molar-refractivity contribution is 0.416. The van der Waals surface area contributed by atoms with Gasteiger partial charge in [-0.25, -0.2) is 8.42 Å². The number of hydrogen-bond donors (Lipinski definition) is 2. The second-order valence-electron chi connectivity index (χ2n) is 3.33. The van der Waals surface area contributed by atoms with Crippen LogP contribution in [0.5, 0.6) is 5.75 Å². The lowest BCUT2D eigenvalue weighted by Crippen LogP contribution is -2.19. The van der Waals surface area contributed by atoms with Gasteiger partial charge in [-0.2, -0.15) is 0 Å². The van der Waals surface area contributed by atoms with E-state index in [0.717, 1.165) is 0 Å². The number of hydrogen-bond acceptors (Lipinski definition) is 5. The molecule has 0 amide bonds. The predicted molar refractivity (Wildman–Crippen MR) is 63.4 cm³/mol. The molecule has 5 nitrogen and oxygen atoms in total. The lowest BCUT2D eigenvalue weighted by atomic mass is 10.3. The average molecular weight is 244 g/mol. The molecule has 0 heterocycles. The minimum absolute atomic E-state index is 0.0509. The standard InChI is InChI=1S/C10H16N2O3S/c1-12-5-6-16(13,14)8-3-4-10(15-2)9(11)7-8/h3-4,7,12H,5-6,11H2,1-2H3. The second kappa shape index (κ2) is 5.18. The molecule has 0 aliphatic heterocycles. The largest absolute Gasteiger partial charge is 0.495 e. The van der Waals surface area contributed by atoms with Gasteiger partial charge in [0.25, 0.3) is 0 Å². The average Bonchev–Trinajstić information content (AvgIpc) is 2.26. The number of rotatable bonds is 5. The Bertz CT molecular complexity index is 457. The molecular weight excluding hydrogens is 228 g/mol. The van der Waals surface area contributed by atoms with Crippen LogP contribution in [-0.2, 0) is 9.84 Å². The molecule has 0 bridgehead atoms. The number of nitrogens with one attached hydrogen (secondary N) is 1. The summed E-state index contributed by atoms with van der Waals surface area (Å²) in [5.74, 6) is 0.530. The summed E-state index contributed by atoms with van der Waals surface area (Å²) in [6.07, 6.45) is 0. The summed E-state index contributed by atoms with van der Waals surface area (Å²) in [7, 11) is -0.0747. The molecule has 0 saturated carbocycles. The van der Waals surface area contributed by atoms with E-state index in [9.17, 15) is 8.42 Å². The molecule has 6 heteroatoms. The Morgan fingerprint density at radius 3 is 2.62 bits per heavy atom. The molecule has 1 aromatic carbocycles. The third-order valence-corrected chi connectivity index (χ3v) is 3.89. The summed E-state index contributed by atoms with van der Waals surface area (Å²) >= 11 is 0. The maximum Gasteiger partial charge on any atom is 0.179 e. The second-order valence-corrected chi connectivity index (χ2v) is 5.44. The van der Waals surface area contributed by atoms with Crippen molar-refractivity contribution in [2.45, 2.75) is 4.90 Å². The Hall–Kier alpha value is -1.27. The van der Waals surface area contributed by atoms with Gasteiger partial charge in [0, 0.05) is 6.54 Å². The molecule has 0 aromatic heterocycles. The van der Waals surface area contributed by atoms with Crippen LogP contribution in [0.15, 0.2) is 23.1 Å². The SMILES string of the molecule is CNCCS(=O)(=O)c1ccc(OC)c(N)c1. The predicted octanol–water partition coefficient (Wildman–Crippen LogP) is 0.270. The third-order valence-electron chi connectivity index (χ3n) is 2.18. The van der Waals surface area contributed by atoms with Crippen LogP contribution in [0.4, 0.5) is 5.69 Å². The summed E-state index contributed by atoms with van der Waals surface area (Å²) in [5.41, 5.74) is 5.98. The van der Waals surface area contributed by atoms with Gasteiger partial charge in [-0.15, -0.1) is 0 Å². The van der Waals surface area contributed by atoms with Crippen molar-refractivity contribution in [3.63, 3.8) is 0 Å². The van der Waals surface area contributed by atoms with E-state index in [-0.39, 0.29) is 10.6 Å². The van der Waals surface area contributed by atoms with Crippen molar-refractivity contribution < 1.29 is 13.2 Å². The number of methoxy groups -OCH3 is 1. The third kappa shape index (κ3) is 2.86. The summed E-state index contributed by atoms with van der Waals surface area (Å²) < 4.78 is 28.6. The molecule has 0 atom stereocenters. The molecule has 0 fully saturated rings. The zero-order valence-corrected chi connectivity index (χ0v) is 10.2. The van der Waals surface area contributed by atoms with Crippen molar-refractivity contribution >= 4 is 15.5 Å². The Morgan fingerprint density at radius 1 is 1.44 bits per heavy atom. The highest BCUT2D eigenvalue weighted by molar-refractivity contribution is 7.91.